The van der Waals surface area contributed by atoms with Crippen LogP contribution in [0.15, 0.2) is 29.1 Å². The molecule has 1 heterocycles. The van der Waals surface area contributed by atoms with Crippen molar-refractivity contribution in [1.29, 1.82) is 0 Å². The number of aromatic nitrogens is 2. The van der Waals surface area contributed by atoms with Gasteiger partial charge in [-0.2, -0.15) is 0 Å². The van der Waals surface area contributed by atoms with Gasteiger partial charge in [0.25, 0.3) is 5.56 Å². The van der Waals surface area contributed by atoms with Crippen molar-refractivity contribution in [3.05, 3.63) is 46.1 Å². The van der Waals surface area contributed by atoms with Gasteiger partial charge in [0.05, 0.1) is 18.0 Å². The zero-order chi connectivity index (χ0) is 12.4. The van der Waals surface area contributed by atoms with E-state index in [0.29, 0.717) is 11.4 Å². The van der Waals surface area contributed by atoms with Crippen LogP contribution in [0.2, 0.25) is 0 Å². The number of halogens is 1. The van der Waals surface area contributed by atoms with E-state index in [0.717, 1.165) is 0 Å². The standard InChI is InChI=1S/C11H12FN3O2/c1-17-6-9-10(13)11(16)15(14-9)8-4-2-7(12)3-5-8/h2-5,14H,6,13H2,1H3. The van der Waals surface area contributed by atoms with Gasteiger partial charge in [0.1, 0.15) is 11.5 Å². The molecule has 0 radical (unpaired) electrons. The number of nitrogens with one attached hydrogen (secondary N) is 1. The molecular formula is C11H12FN3O2. The highest BCUT2D eigenvalue weighted by molar-refractivity contribution is 5.44. The van der Waals surface area contributed by atoms with Gasteiger partial charge in [-0.1, -0.05) is 0 Å². The maximum absolute atomic E-state index is 12.8. The van der Waals surface area contributed by atoms with Crippen molar-refractivity contribution in [2.75, 3.05) is 12.8 Å². The van der Waals surface area contributed by atoms with Gasteiger partial charge >= 0.3 is 0 Å². The summed E-state index contributed by atoms with van der Waals surface area (Å²) in [6.45, 7) is 0.218. The van der Waals surface area contributed by atoms with Gasteiger partial charge in [-0.05, 0) is 24.3 Å². The lowest BCUT2D eigenvalue weighted by Crippen LogP contribution is -2.16. The maximum atomic E-state index is 12.8. The number of H-pyrrole nitrogens is 1. The van der Waals surface area contributed by atoms with Gasteiger partial charge in [-0.15, -0.1) is 0 Å². The minimum Gasteiger partial charge on any atom is -0.393 e. The van der Waals surface area contributed by atoms with Crippen molar-refractivity contribution in [1.82, 2.24) is 9.78 Å². The molecule has 0 bridgehead atoms. The number of nitrogen functional groups attached to an aromatic ring is 1. The van der Waals surface area contributed by atoms with Crippen LogP contribution in [0.5, 0.6) is 0 Å². The summed E-state index contributed by atoms with van der Waals surface area (Å²) in [6.07, 6.45) is 0. The fraction of sp³-hybridized carbons (Fsp3) is 0.182. The van der Waals surface area contributed by atoms with Crippen molar-refractivity contribution in [3.8, 4) is 5.69 Å². The van der Waals surface area contributed by atoms with Crippen molar-refractivity contribution >= 4 is 5.69 Å². The zero-order valence-electron chi connectivity index (χ0n) is 9.24. The molecule has 0 fully saturated rings. The molecule has 2 aromatic rings. The van der Waals surface area contributed by atoms with Crippen LogP contribution in [-0.4, -0.2) is 16.9 Å². The van der Waals surface area contributed by atoms with Gasteiger partial charge in [0, 0.05) is 7.11 Å². The number of ether oxygens (including phenoxy) is 1. The first kappa shape index (κ1) is 11.4. The first-order valence-electron chi connectivity index (χ1n) is 4.97. The lowest BCUT2D eigenvalue weighted by atomic mass is 10.3. The van der Waals surface area contributed by atoms with E-state index < -0.39 is 0 Å². The Bertz CT molecular complexity index is 571. The quantitative estimate of drug-likeness (QED) is 0.837. The van der Waals surface area contributed by atoms with Crippen LogP contribution in [0.4, 0.5) is 10.1 Å². The highest BCUT2D eigenvalue weighted by atomic mass is 19.1. The Kier molecular flexibility index (Phi) is 2.97. The molecule has 1 aromatic carbocycles. The Morgan fingerprint density at radius 2 is 2.06 bits per heavy atom. The number of hydrogen-bond acceptors (Lipinski definition) is 3. The monoisotopic (exact) mass is 237 g/mol. The van der Waals surface area contributed by atoms with E-state index >= 15 is 0 Å². The number of aromatic amines is 1. The molecule has 6 heteroatoms. The Hall–Kier alpha value is -2.08. The molecule has 0 amide bonds. The molecule has 3 N–H and O–H groups in total. The number of methoxy groups -OCH3 is 1. The van der Waals surface area contributed by atoms with E-state index in [1.165, 1.54) is 36.1 Å². The smallest absolute Gasteiger partial charge is 0.294 e. The molecule has 90 valence electrons. The summed E-state index contributed by atoms with van der Waals surface area (Å²) in [4.78, 5) is 11.8. The lowest BCUT2D eigenvalue weighted by Gasteiger charge is -2.01. The van der Waals surface area contributed by atoms with Crippen LogP contribution < -0.4 is 11.3 Å². The van der Waals surface area contributed by atoms with Gasteiger partial charge in [-0.3, -0.25) is 9.89 Å². The average Bonchev–Trinajstić information content (AvgIpc) is 2.59. The van der Waals surface area contributed by atoms with Gasteiger partial charge in [0.15, 0.2) is 0 Å². The first-order valence-corrected chi connectivity index (χ1v) is 4.97. The third-order valence-electron chi connectivity index (χ3n) is 2.38. The SMILES string of the molecule is COCc1[nH]n(-c2ccc(F)cc2)c(=O)c1N. The van der Waals surface area contributed by atoms with E-state index in [-0.39, 0.29) is 23.7 Å². The van der Waals surface area contributed by atoms with E-state index in [9.17, 15) is 9.18 Å². The topological polar surface area (TPSA) is 73.0 Å². The summed E-state index contributed by atoms with van der Waals surface area (Å²) in [5.41, 5.74) is 6.39. The van der Waals surface area contributed by atoms with E-state index in [1.807, 2.05) is 0 Å². The maximum Gasteiger partial charge on any atom is 0.294 e. The molecule has 0 saturated heterocycles. The molecule has 2 rings (SSSR count). The van der Waals surface area contributed by atoms with Crippen LogP contribution in [-0.2, 0) is 11.3 Å². The Labute approximate surface area is 96.6 Å². The van der Waals surface area contributed by atoms with Gasteiger partial charge < -0.3 is 10.5 Å². The lowest BCUT2D eigenvalue weighted by molar-refractivity contribution is 0.181. The molecule has 17 heavy (non-hydrogen) atoms. The van der Waals surface area contributed by atoms with Crippen molar-refractivity contribution < 1.29 is 9.13 Å². The minimum atomic E-state index is -0.372. The van der Waals surface area contributed by atoms with Crippen molar-refractivity contribution in [2.45, 2.75) is 6.61 Å². The van der Waals surface area contributed by atoms with Gasteiger partial charge in [-0.25, -0.2) is 9.07 Å². The number of nitrogens with two attached hydrogens (primary N) is 1. The fourth-order valence-electron chi connectivity index (χ4n) is 1.52. The molecule has 5 nitrogen and oxygen atoms in total. The summed E-state index contributed by atoms with van der Waals surface area (Å²) in [5.74, 6) is -0.363. The molecule has 0 atom stereocenters. The molecule has 0 saturated carbocycles. The normalized spacial score (nSPS) is 10.7. The molecule has 0 aliphatic rings. The van der Waals surface area contributed by atoms with Crippen LogP contribution >= 0.6 is 0 Å². The third-order valence-corrected chi connectivity index (χ3v) is 2.38. The van der Waals surface area contributed by atoms with Crippen molar-refractivity contribution in [2.24, 2.45) is 0 Å². The first-order chi connectivity index (χ1) is 8.13. The third kappa shape index (κ3) is 2.07. The fourth-order valence-corrected chi connectivity index (χ4v) is 1.52. The summed E-state index contributed by atoms with van der Waals surface area (Å²) in [7, 11) is 1.51. The predicted octanol–water partition coefficient (Wildman–Crippen LogP) is 1.03. The average molecular weight is 237 g/mol. The van der Waals surface area contributed by atoms with E-state index in [1.54, 1.807) is 0 Å². The minimum absolute atomic E-state index is 0.108. The zero-order valence-corrected chi connectivity index (χ0v) is 9.24. The molecule has 0 unspecified atom stereocenters. The van der Waals surface area contributed by atoms with Crippen LogP contribution in [0.1, 0.15) is 5.69 Å². The molecule has 0 aliphatic heterocycles. The summed E-state index contributed by atoms with van der Waals surface area (Å²) in [6, 6.07) is 5.52. The second-order valence-electron chi connectivity index (χ2n) is 3.55. The van der Waals surface area contributed by atoms with Crippen molar-refractivity contribution in [3.63, 3.8) is 0 Å². The summed E-state index contributed by atoms with van der Waals surface area (Å²) < 4.78 is 18.9. The van der Waals surface area contributed by atoms with E-state index in [2.05, 4.69) is 5.10 Å². The highest BCUT2D eigenvalue weighted by Crippen LogP contribution is 2.10. The molecule has 0 aliphatic carbocycles. The predicted molar refractivity (Wildman–Crippen MR) is 61.5 cm³/mol. The summed E-state index contributed by atoms with van der Waals surface area (Å²) >= 11 is 0. The molecule has 1 aromatic heterocycles. The second-order valence-corrected chi connectivity index (χ2v) is 3.55. The van der Waals surface area contributed by atoms with E-state index in [4.69, 9.17) is 10.5 Å². The van der Waals surface area contributed by atoms with Crippen LogP contribution in [0, 0.1) is 5.82 Å². The van der Waals surface area contributed by atoms with Crippen LogP contribution in [0.3, 0.4) is 0 Å². The number of rotatable bonds is 3. The number of nitrogens with zero attached hydrogens (tertiary/aromatic N) is 1. The Balaban J connectivity index is 2.49. The Morgan fingerprint density at radius 1 is 1.41 bits per heavy atom. The number of anilines is 1. The van der Waals surface area contributed by atoms with Gasteiger partial charge in [0.2, 0.25) is 0 Å². The number of hydrogen-bond donors (Lipinski definition) is 2. The second kappa shape index (κ2) is 4.42. The Morgan fingerprint density at radius 3 is 2.65 bits per heavy atom. The number of benzene rings is 1. The summed E-state index contributed by atoms with van der Waals surface area (Å²) in [5, 5.41) is 2.82. The molecule has 0 spiro atoms. The largest absolute Gasteiger partial charge is 0.393 e. The highest BCUT2D eigenvalue weighted by Gasteiger charge is 2.11. The molecular weight excluding hydrogens is 225 g/mol. The van der Waals surface area contributed by atoms with Crippen LogP contribution in [0.25, 0.3) is 5.69 Å².